The molecule has 0 spiro atoms. The summed E-state index contributed by atoms with van der Waals surface area (Å²) in [5.74, 6) is -2.13. The van der Waals surface area contributed by atoms with E-state index < -0.39 is 12.1 Å². The van der Waals surface area contributed by atoms with Crippen LogP contribution in [0.4, 0.5) is 13.2 Å². The number of pyridine rings is 1. The number of aromatic nitrogens is 3. The van der Waals surface area contributed by atoms with Crippen molar-refractivity contribution in [1.29, 1.82) is 0 Å². The number of nitrogens with one attached hydrogen (secondary N) is 2. The van der Waals surface area contributed by atoms with Gasteiger partial charge in [-0.25, -0.2) is 4.79 Å². The number of carboxylic acids is 1. The average Bonchev–Trinajstić information content (AvgIpc) is 3.54. The van der Waals surface area contributed by atoms with Crippen LogP contribution in [-0.4, -0.2) is 44.8 Å². The first-order chi connectivity index (χ1) is 15.2. The topological polar surface area (TPSA) is 130 Å². The summed E-state index contributed by atoms with van der Waals surface area (Å²) in [6, 6.07) is 9.74. The van der Waals surface area contributed by atoms with Crippen molar-refractivity contribution < 1.29 is 32.4 Å². The van der Waals surface area contributed by atoms with Crippen molar-refractivity contribution in [3.8, 4) is 11.5 Å². The third-order valence-electron chi connectivity index (χ3n) is 4.26. The summed E-state index contributed by atoms with van der Waals surface area (Å²) in [5.41, 5.74) is 0.635. The molecule has 0 saturated carbocycles. The molecule has 0 aromatic carbocycles. The molecule has 9 nitrogen and oxygen atoms in total. The Bertz CT molecular complexity index is 1050. The fourth-order valence-corrected chi connectivity index (χ4v) is 3.79. The van der Waals surface area contributed by atoms with E-state index in [-0.39, 0.29) is 12.5 Å². The van der Waals surface area contributed by atoms with Gasteiger partial charge in [0.25, 0.3) is 5.91 Å². The number of carbonyl (C=O) groups is 2. The first-order valence-electron chi connectivity index (χ1n) is 9.39. The molecule has 0 bridgehead atoms. The van der Waals surface area contributed by atoms with Gasteiger partial charge in [-0.15, -0.1) is 11.3 Å². The van der Waals surface area contributed by atoms with E-state index >= 15 is 0 Å². The fourth-order valence-electron chi connectivity index (χ4n) is 2.76. The van der Waals surface area contributed by atoms with Crippen LogP contribution in [0.2, 0.25) is 0 Å². The first kappa shape index (κ1) is 23.3. The highest BCUT2D eigenvalue weighted by molar-refractivity contribution is 7.14. The number of thiophene rings is 1. The average molecular weight is 469 g/mol. The van der Waals surface area contributed by atoms with Crippen LogP contribution < -0.4 is 10.6 Å². The summed E-state index contributed by atoms with van der Waals surface area (Å²) in [7, 11) is 0. The molecule has 1 amide bonds. The Morgan fingerprint density at radius 2 is 2.06 bits per heavy atom. The van der Waals surface area contributed by atoms with Gasteiger partial charge in [-0.1, -0.05) is 11.2 Å². The summed E-state index contributed by atoms with van der Waals surface area (Å²) in [6.45, 7) is 1.23. The number of hydrogen-bond donors (Lipinski definition) is 3. The van der Waals surface area contributed by atoms with Gasteiger partial charge < -0.3 is 20.3 Å². The Kier molecular flexibility index (Phi) is 7.53. The third-order valence-corrected chi connectivity index (χ3v) is 5.46. The number of carbonyl (C=O) groups excluding carboxylic acids is 1. The number of amides is 1. The minimum Gasteiger partial charge on any atom is -0.475 e. The number of carboxylic acid groups (broad SMARTS) is 1. The summed E-state index contributed by atoms with van der Waals surface area (Å²) >= 11 is 1.52. The van der Waals surface area contributed by atoms with Crippen molar-refractivity contribution in [3.05, 3.63) is 52.2 Å². The van der Waals surface area contributed by atoms with Crippen molar-refractivity contribution in [2.24, 2.45) is 0 Å². The Labute approximate surface area is 183 Å². The van der Waals surface area contributed by atoms with Gasteiger partial charge >= 0.3 is 12.1 Å². The second-order valence-electron chi connectivity index (χ2n) is 6.56. The van der Waals surface area contributed by atoms with Crippen molar-refractivity contribution in [2.45, 2.75) is 31.6 Å². The fraction of sp³-hybridized carbons (Fsp3) is 0.316. The molecule has 1 unspecified atom stereocenters. The molecule has 0 radical (unpaired) electrons. The molecule has 3 aromatic rings. The largest absolute Gasteiger partial charge is 0.490 e. The van der Waals surface area contributed by atoms with Gasteiger partial charge in [-0.05, 0) is 43.7 Å². The SMILES string of the molecule is O=C(NCc1nc(-c2ccccn2)no1)c1ccc(C2CCCN2)s1.O=C(O)C(F)(F)F. The van der Waals surface area contributed by atoms with Crippen LogP contribution in [0.3, 0.4) is 0 Å². The smallest absolute Gasteiger partial charge is 0.475 e. The molecule has 32 heavy (non-hydrogen) atoms. The van der Waals surface area contributed by atoms with Crippen molar-refractivity contribution in [2.75, 3.05) is 6.54 Å². The zero-order valence-electron chi connectivity index (χ0n) is 16.4. The zero-order valence-corrected chi connectivity index (χ0v) is 17.2. The van der Waals surface area contributed by atoms with E-state index in [1.165, 1.54) is 22.6 Å². The normalized spacial score (nSPS) is 15.7. The van der Waals surface area contributed by atoms with Gasteiger partial charge in [0.05, 0.1) is 11.4 Å². The number of alkyl halides is 3. The van der Waals surface area contributed by atoms with Gasteiger partial charge in [0, 0.05) is 17.1 Å². The minimum absolute atomic E-state index is 0.133. The van der Waals surface area contributed by atoms with Gasteiger partial charge in [-0.2, -0.15) is 18.2 Å². The van der Waals surface area contributed by atoms with Gasteiger partial charge in [0.2, 0.25) is 11.7 Å². The second kappa shape index (κ2) is 10.3. The molecule has 1 aliphatic heterocycles. The lowest BCUT2D eigenvalue weighted by atomic mass is 10.2. The van der Waals surface area contributed by atoms with E-state index in [0.717, 1.165) is 13.0 Å². The molecule has 1 fully saturated rings. The maximum atomic E-state index is 12.3. The van der Waals surface area contributed by atoms with E-state index in [1.807, 2.05) is 24.3 Å². The number of nitrogens with zero attached hydrogens (tertiary/aromatic N) is 3. The van der Waals surface area contributed by atoms with Crippen LogP contribution in [0.15, 0.2) is 41.1 Å². The number of halogens is 3. The highest BCUT2D eigenvalue weighted by Gasteiger charge is 2.38. The molecule has 170 valence electrons. The van der Waals surface area contributed by atoms with Gasteiger partial charge in [-0.3, -0.25) is 9.78 Å². The number of hydrogen-bond acceptors (Lipinski definition) is 8. The van der Waals surface area contributed by atoms with Crippen molar-refractivity contribution >= 4 is 23.2 Å². The van der Waals surface area contributed by atoms with Crippen LogP contribution in [0.1, 0.15) is 39.3 Å². The molecule has 1 aliphatic rings. The Hall–Kier alpha value is -3.32. The second-order valence-corrected chi connectivity index (χ2v) is 7.68. The lowest BCUT2D eigenvalue weighted by molar-refractivity contribution is -0.192. The van der Waals surface area contributed by atoms with E-state index in [0.29, 0.717) is 28.3 Å². The standard InChI is InChI=1S/C17H17N5O2S.C2HF3O2/c23-17(14-7-6-13(25-14)11-5-3-9-18-11)20-10-15-21-16(22-24-15)12-4-1-2-8-19-12;3-2(4,5)1(6)7/h1-2,4,6-8,11,18H,3,5,9-10H2,(H,20,23);(H,6,7). The lowest BCUT2D eigenvalue weighted by Crippen LogP contribution is -2.22. The maximum Gasteiger partial charge on any atom is 0.490 e. The Balaban J connectivity index is 0.000000360. The molecule has 4 heterocycles. The molecule has 3 aromatic heterocycles. The van der Waals surface area contributed by atoms with Crippen LogP contribution in [0.5, 0.6) is 0 Å². The molecule has 4 rings (SSSR count). The van der Waals surface area contributed by atoms with E-state index in [9.17, 15) is 18.0 Å². The highest BCUT2D eigenvalue weighted by Crippen LogP contribution is 2.29. The molecule has 3 N–H and O–H groups in total. The quantitative estimate of drug-likeness (QED) is 0.520. The molecule has 1 saturated heterocycles. The molecular weight excluding hydrogens is 451 g/mol. The molecule has 13 heteroatoms. The zero-order chi connectivity index (χ0) is 23.1. The summed E-state index contributed by atoms with van der Waals surface area (Å²) in [4.78, 5) is 31.5. The summed E-state index contributed by atoms with van der Waals surface area (Å²) in [5, 5.41) is 17.3. The predicted octanol–water partition coefficient (Wildman–Crippen LogP) is 3.18. The molecular formula is C19H18F3N5O4S. The maximum absolute atomic E-state index is 12.3. The number of rotatable bonds is 5. The lowest BCUT2D eigenvalue weighted by Gasteiger charge is -2.05. The Morgan fingerprint density at radius 3 is 2.69 bits per heavy atom. The van der Waals surface area contributed by atoms with Crippen LogP contribution >= 0.6 is 11.3 Å². The van der Waals surface area contributed by atoms with Crippen LogP contribution in [-0.2, 0) is 11.3 Å². The minimum atomic E-state index is -5.08. The molecule has 0 aliphatic carbocycles. The van der Waals surface area contributed by atoms with Crippen molar-refractivity contribution in [3.63, 3.8) is 0 Å². The summed E-state index contributed by atoms with van der Waals surface area (Å²) in [6.07, 6.45) is -1.11. The van der Waals surface area contributed by atoms with E-state index in [1.54, 1.807) is 12.3 Å². The Morgan fingerprint density at radius 1 is 1.28 bits per heavy atom. The third kappa shape index (κ3) is 6.34. The van der Waals surface area contributed by atoms with E-state index in [2.05, 4.69) is 25.8 Å². The molecule has 1 atom stereocenters. The number of aliphatic carboxylic acids is 1. The van der Waals surface area contributed by atoms with E-state index in [4.69, 9.17) is 14.4 Å². The monoisotopic (exact) mass is 469 g/mol. The predicted molar refractivity (Wildman–Crippen MR) is 107 cm³/mol. The van der Waals surface area contributed by atoms with Gasteiger partial charge in [0.15, 0.2) is 0 Å². The van der Waals surface area contributed by atoms with Crippen molar-refractivity contribution in [1.82, 2.24) is 25.8 Å². The first-order valence-corrected chi connectivity index (χ1v) is 10.2. The van der Waals surface area contributed by atoms with Crippen LogP contribution in [0, 0.1) is 0 Å². The van der Waals surface area contributed by atoms with Crippen LogP contribution in [0.25, 0.3) is 11.5 Å². The van der Waals surface area contributed by atoms with Gasteiger partial charge in [0.1, 0.15) is 5.69 Å². The summed E-state index contributed by atoms with van der Waals surface area (Å²) < 4.78 is 36.9. The highest BCUT2D eigenvalue weighted by atomic mass is 32.1.